The lowest BCUT2D eigenvalue weighted by molar-refractivity contribution is -0.121. The van der Waals surface area contributed by atoms with E-state index in [4.69, 9.17) is 9.47 Å². The summed E-state index contributed by atoms with van der Waals surface area (Å²) in [5.74, 6) is 0.815. The third-order valence-electron chi connectivity index (χ3n) is 5.87. The van der Waals surface area contributed by atoms with Crippen LogP contribution in [0.4, 0.5) is 0 Å². The summed E-state index contributed by atoms with van der Waals surface area (Å²) in [5, 5.41) is 2.77. The maximum atomic E-state index is 12.9. The van der Waals surface area contributed by atoms with E-state index >= 15 is 0 Å². The molecule has 0 atom stereocenters. The number of carbonyl (C=O) groups is 1. The first-order valence-corrected chi connectivity index (χ1v) is 14.5. The van der Waals surface area contributed by atoms with E-state index in [2.05, 4.69) is 5.32 Å². The number of nitrogens with zero attached hydrogens (tertiary/aromatic N) is 2. The smallest absolute Gasteiger partial charge is 0.243 e. The van der Waals surface area contributed by atoms with Gasteiger partial charge in [0.2, 0.25) is 26.0 Å². The molecule has 1 fully saturated rings. The van der Waals surface area contributed by atoms with Gasteiger partial charge >= 0.3 is 0 Å². The van der Waals surface area contributed by atoms with Crippen molar-refractivity contribution in [1.82, 2.24) is 13.9 Å². The van der Waals surface area contributed by atoms with E-state index in [1.165, 1.54) is 43.7 Å². The van der Waals surface area contributed by atoms with Gasteiger partial charge in [-0.3, -0.25) is 4.79 Å². The Morgan fingerprint density at radius 3 is 2.25 bits per heavy atom. The number of nitrogens with one attached hydrogen (secondary N) is 1. The molecule has 0 saturated carbocycles. The highest BCUT2D eigenvalue weighted by atomic mass is 32.2. The Labute approximate surface area is 213 Å². The number of hydrogen-bond donors (Lipinski definition) is 1. The summed E-state index contributed by atoms with van der Waals surface area (Å²) in [5.41, 5.74) is 0.650. The predicted octanol–water partition coefficient (Wildman–Crippen LogP) is 1.86. The van der Waals surface area contributed by atoms with Crippen LogP contribution in [-0.2, 0) is 31.3 Å². The summed E-state index contributed by atoms with van der Waals surface area (Å²) in [6.45, 7) is 1.51. The molecule has 0 bridgehead atoms. The average molecular weight is 540 g/mol. The highest BCUT2D eigenvalue weighted by Crippen LogP contribution is 2.27. The molecule has 1 aliphatic rings. The zero-order valence-corrected chi connectivity index (χ0v) is 22.4. The minimum Gasteiger partial charge on any atom is -0.496 e. The molecule has 1 amide bonds. The summed E-state index contributed by atoms with van der Waals surface area (Å²) in [6, 6.07) is 10.8. The molecule has 12 heteroatoms. The SMILES string of the molecule is COc1ccc(S(=O)(=O)N2CCCC2)cc1CCC(=O)NCCOc1ccc(S(=O)(=O)N(C)C)cc1. The Kier molecular flexibility index (Phi) is 9.34. The van der Waals surface area contributed by atoms with E-state index in [-0.39, 0.29) is 35.3 Å². The van der Waals surface area contributed by atoms with Crippen LogP contribution >= 0.6 is 0 Å². The molecular formula is C24H33N3O7S2. The van der Waals surface area contributed by atoms with Gasteiger partial charge in [-0.1, -0.05) is 0 Å². The van der Waals surface area contributed by atoms with Crippen molar-refractivity contribution >= 4 is 26.0 Å². The fourth-order valence-electron chi connectivity index (χ4n) is 3.80. The number of methoxy groups -OCH3 is 1. The Hall–Kier alpha value is -2.67. The fourth-order valence-corrected chi connectivity index (χ4v) is 6.27. The minimum atomic E-state index is -3.56. The second-order valence-electron chi connectivity index (χ2n) is 8.54. The van der Waals surface area contributed by atoms with Crippen molar-refractivity contribution in [3.05, 3.63) is 48.0 Å². The number of hydrogen-bond acceptors (Lipinski definition) is 7. The molecule has 10 nitrogen and oxygen atoms in total. The van der Waals surface area contributed by atoms with Gasteiger partial charge in [0, 0.05) is 33.6 Å². The second-order valence-corrected chi connectivity index (χ2v) is 12.6. The lowest BCUT2D eigenvalue weighted by Crippen LogP contribution is -2.28. The molecule has 1 N–H and O–H groups in total. The van der Waals surface area contributed by atoms with E-state index in [0.717, 1.165) is 17.1 Å². The molecule has 36 heavy (non-hydrogen) atoms. The minimum absolute atomic E-state index is 0.153. The first-order chi connectivity index (χ1) is 17.1. The lowest BCUT2D eigenvalue weighted by Gasteiger charge is -2.17. The highest BCUT2D eigenvalue weighted by molar-refractivity contribution is 7.89. The third-order valence-corrected chi connectivity index (χ3v) is 9.60. The zero-order chi connectivity index (χ0) is 26.3. The lowest BCUT2D eigenvalue weighted by atomic mass is 10.1. The molecule has 0 unspecified atom stereocenters. The van der Waals surface area contributed by atoms with Gasteiger partial charge in [-0.15, -0.1) is 0 Å². The average Bonchev–Trinajstić information content (AvgIpc) is 3.41. The maximum Gasteiger partial charge on any atom is 0.243 e. The predicted molar refractivity (Wildman–Crippen MR) is 135 cm³/mol. The van der Waals surface area contributed by atoms with Crippen molar-refractivity contribution in [3.63, 3.8) is 0 Å². The van der Waals surface area contributed by atoms with E-state index in [1.54, 1.807) is 24.3 Å². The van der Waals surface area contributed by atoms with Gasteiger partial charge in [-0.05, 0) is 67.3 Å². The molecule has 1 aliphatic heterocycles. The molecular weight excluding hydrogens is 506 g/mol. The molecule has 0 spiro atoms. The quantitative estimate of drug-likeness (QED) is 0.409. The molecule has 0 aliphatic carbocycles. The number of amides is 1. The van der Waals surface area contributed by atoms with Crippen LogP contribution in [0, 0.1) is 0 Å². The van der Waals surface area contributed by atoms with Crippen LogP contribution in [0.2, 0.25) is 0 Å². The van der Waals surface area contributed by atoms with E-state index in [1.807, 2.05) is 0 Å². The van der Waals surface area contributed by atoms with Crippen molar-refractivity contribution in [2.75, 3.05) is 47.4 Å². The number of aryl methyl sites for hydroxylation is 1. The van der Waals surface area contributed by atoms with Crippen molar-refractivity contribution in [2.45, 2.75) is 35.5 Å². The standard InChI is InChI=1S/C24H33N3O7S2/c1-26(2)35(29,30)21-9-7-20(8-10-21)34-17-14-25-24(28)13-6-19-18-22(11-12-23(19)33-3)36(31,32)27-15-4-5-16-27/h7-12,18H,4-6,13-17H2,1-3H3,(H,25,28). The molecule has 1 saturated heterocycles. The van der Waals surface area contributed by atoms with E-state index < -0.39 is 20.0 Å². The molecule has 2 aromatic carbocycles. The Morgan fingerprint density at radius 2 is 1.64 bits per heavy atom. The van der Waals surface area contributed by atoms with Gasteiger partial charge in [0.25, 0.3) is 0 Å². The first kappa shape index (κ1) is 27.9. The monoisotopic (exact) mass is 539 g/mol. The van der Waals surface area contributed by atoms with Crippen molar-refractivity contribution in [1.29, 1.82) is 0 Å². The van der Waals surface area contributed by atoms with Crippen molar-refractivity contribution in [2.24, 2.45) is 0 Å². The fraction of sp³-hybridized carbons (Fsp3) is 0.458. The summed E-state index contributed by atoms with van der Waals surface area (Å²) >= 11 is 0. The van der Waals surface area contributed by atoms with Crippen molar-refractivity contribution in [3.8, 4) is 11.5 Å². The summed E-state index contributed by atoms with van der Waals surface area (Å²) in [6.07, 6.45) is 2.19. The van der Waals surface area contributed by atoms with Crippen LogP contribution in [0.5, 0.6) is 11.5 Å². The molecule has 0 radical (unpaired) electrons. The molecule has 3 rings (SSSR count). The van der Waals surface area contributed by atoms with Crippen LogP contribution in [-0.4, -0.2) is 78.8 Å². The first-order valence-electron chi connectivity index (χ1n) is 11.6. The van der Waals surface area contributed by atoms with Crippen LogP contribution in [0.1, 0.15) is 24.8 Å². The number of benzene rings is 2. The molecule has 2 aromatic rings. The number of ether oxygens (including phenoxy) is 2. The summed E-state index contributed by atoms with van der Waals surface area (Å²) < 4.78 is 63.5. The topological polar surface area (TPSA) is 122 Å². The normalized spacial score (nSPS) is 14.7. The Bertz CT molecular complexity index is 1260. The zero-order valence-electron chi connectivity index (χ0n) is 20.8. The third kappa shape index (κ3) is 6.75. The largest absolute Gasteiger partial charge is 0.496 e. The van der Waals surface area contributed by atoms with Gasteiger partial charge in [-0.2, -0.15) is 4.31 Å². The van der Waals surface area contributed by atoms with E-state index in [9.17, 15) is 21.6 Å². The Balaban J connectivity index is 1.49. The number of sulfonamides is 2. The summed E-state index contributed by atoms with van der Waals surface area (Å²) in [7, 11) is -2.63. The van der Waals surface area contributed by atoms with Gasteiger partial charge < -0.3 is 14.8 Å². The molecule has 1 heterocycles. The maximum absolute atomic E-state index is 12.9. The van der Waals surface area contributed by atoms with Gasteiger partial charge in [0.1, 0.15) is 18.1 Å². The van der Waals surface area contributed by atoms with Crippen LogP contribution in [0.3, 0.4) is 0 Å². The highest BCUT2D eigenvalue weighted by Gasteiger charge is 2.27. The van der Waals surface area contributed by atoms with Crippen LogP contribution in [0.15, 0.2) is 52.3 Å². The van der Waals surface area contributed by atoms with Crippen LogP contribution < -0.4 is 14.8 Å². The Morgan fingerprint density at radius 1 is 1.00 bits per heavy atom. The second kappa shape index (κ2) is 12.0. The van der Waals surface area contributed by atoms with Crippen molar-refractivity contribution < 1.29 is 31.1 Å². The van der Waals surface area contributed by atoms with Gasteiger partial charge in [-0.25, -0.2) is 21.1 Å². The summed E-state index contributed by atoms with van der Waals surface area (Å²) in [4.78, 5) is 12.7. The number of carbonyl (C=O) groups excluding carboxylic acids is 1. The van der Waals surface area contributed by atoms with E-state index in [0.29, 0.717) is 36.6 Å². The molecule has 198 valence electrons. The van der Waals surface area contributed by atoms with Gasteiger partial charge in [0.15, 0.2) is 0 Å². The van der Waals surface area contributed by atoms with Gasteiger partial charge in [0.05, 0.1) is 23.4 Å². The van der Waals surface area contributed by atoms with Crippen LogP contribution in [0.25, 0.3) is 0 Å². The molecule has 0 aromatic heterocycles. The number of rotatable bonds is 12.